The summed E-state index contributed by atoms with van der Waals surface area (Å²) >= 11 is 0. The average Bonchev–Trinajstić information content (AvgIpc) is 3.17. The molecule has 4 aliphatic carbocycles. The molecule has 0 unspecified atom stereocenters. The second kappa shape index (κ2) is 8.00. The fraction of sp³-hybridized carbons (Fsp3) is 0.742. The zero-order valence-electron chi connectivity index (χ0n) is 24.9. The van der Waals surface area contributed by atoms with Crippen LogP contribution >= 0.6 is 0 Å². The van der Waals surface area contributed by atoms with Crippen molar-refractivity contribution in [2.24, 2.45) is 40.4 Å². The zero-order chi connectivity index (χ0) is 26.3. The van der Waals surface area contributed by atoms with Crippen molar-refractivity contribution >= 4 is 0 Å². The van der Waals surface area contributed by atoms with Gasteiger partial charge in [0.05, 0.1) is 5.60 Å². The fourth-order valence-electron chi connectivity index (χ4n) is 8.69. The Morgan fingerprint density at radius 2 is 1.81 bits per heavy atom. The molecule has 1 heteroatoms. The predicted molar refractivity (Wildman–Crippen MR) is 134 cm³/mol. The Kier molecular flexibility index (Phi) is 4.57. The normalized spacial score (nSPS) is 45.7. The lowest BCUT2D eigenvalue weighted by Gasteiger charge is -2.59. The van der Waals surface area contributed by atoms with Crippen LogP contribution in [0, 0.1) is 47.3 Å². The lowest BCUT2D eigenvalue weighted by molar-refractivity contribution is -0.103. The third-order valence-electron chi connectivity index (χ3n) is 10.5. The van der Waals surface area contributed by atoms with Gasteiger partial charge in [-0.25, -0.2) is 0 Å². The summed E-state index contributed by atoms with van der Waals surface area (Å²) in [6.45, 7) is 10.7. The van der Waals surface area contributed by atoms with Gasteiger partial charge < -0.3 is 5.11 Å². The minimum atomic E-state index is -2.43. The van der Waals surface area contributed by atoms with E-state index >= 15 is 0 Å². The lowest BCUT2D eigenvalue weighted by atomic mass is 9.46. The third kappa shape index (κ3) is 3.62. The van der Waals surface area contributed by atoms with Crippen molar-refractivity contribution < 1.29 is 10.6 Å². The highest BCUT2D eigenvalue weighted by Crippen LogP contribution is 2.67. The van der Waals surface area contributed by atoms with Crippen LogP contribution in [0.1, 0.15) is 102 Å². The summed E-state index contributed by atoms with van der Waals surface area (Å²) in [5, 5.41) is 12.0. The van der Waals surface area contributed by atoms with Crippen molar-refractivity contribution in [1.82, 2.24) is 0 Å². The first-order valence-electron chi connectivity index (χ1n) is 15.2. The van der Waals surface area contributed by atoms with Gasteiger partial charge in [0.2, 0.25) is 0 Å². The molecule has 0 aliphatic heterocycles. The maximum absolute atomic E-state index is 12.0. The van der Waals surface area contributed by atoms with Gasteiger partial charge in [-0.3, -0.25) is 0 Å². The largest absolute Gasteiger partial charge is 0.390 e. The minimum Gasteiger partial charge on any atom is -0.390 e. The van der Waals surface area contributed by atoms with Crippen molar-refractivity contribution in [2.75, 3.05) is 0 Å². The molecule has 0 heterocycles. The molecule has 0 amide bonds. The van der Waals surface area contributed by atoms with Crippen LogP contribution in [0.5, 0.6) is 0 Å². The van der Waals surface area contributed by atoms with E-state index in [1.807, 2.05) is 19.1 Å². The molecule has 0 spiro atoms. The van der Waals surface area contributed by atoms with E-state index in [9.17, 15) is 5.11 Å². The molecule has 4 aliphatic rings. The highest BCUT2D eigenvalue weighted by atomic mass is 16.3. The quantitative estimate of drug-likeness (QED) is 0.474. The van der Waals surface area contributed by atoms with Crippen LogP contribution in [-0.4, -0.2) is 10.7 Å². The molecule has 1 N–H and O–H groups in total. The highest BCUT2D eigenvalue weighted by molar-refractivity contribution is 5.26. The van der Waals surface area contributed by atoms with Crippen molar-refractivity contribution in [3.05, 3.63) is 47.0 Å². The molecule has 0 aromatic heterocycles. The Labute approximate surface area is 202 Å². The molecular formula is C31H46O. The number of aliphatic hydroxyl groups is 1. The third-order valence-corrected chi connectivity index (χ3v) is 10.5. The van der Waals surface area contributed by atoms with Gasteiger partial charge in [0.1, 0.15) is 0 Å². The van der Waals surface area contributed by atoms with E-state index in [-0.39, 0.29) is 11.3 Å². The van der Waals surface area contributed by atoms with Gasteiger partial charge in [-0.2, -0.15) is 0 Å². The van der Waals surface area contributed by atoms with E-state index in [0.717, 1.165) is 43.6 Å². The Balaban J connectivity index is 1.45. The highest BCUT2D eigenvalue weighted by Gasteiger charge is 2.61. The van der Waals surface area contributed by atoms with Crippen LogP contribution in [0.15, 0.2) is 35.9 Å². The molecule has 1 aromatic carbocycles. The van der Waals surface area contributed by atoms with Crippen molar-refractivity contribution in [3.63, 3.8) is 0 Å². The number of aryl methyl sites for hydroxylation is 2. The summed E-state index contributed by atoms with van der Waals surface area (Å²) in [7, 11) is 0. The monoisotopic (exact) mass is 438 g/mol. The number of benzene rings is 1. The summed E-state index contributed by atoms with van der Waals surface area (Å²) in [4.78, 5) is 0. The van der Waals surface area contributed by atoms with Crippen LogP contribution < -0.4 is 0 Å². The van der Waals surface area contributed by atoms with E-state index in [0.29, 0.717) is 28.7 Å². The van der Waals surface area contributed by atoms with Crippen molar-refractivity contribution in [2.45, 2.75) is 104 Å². The molecule has 176 valence electrons. The van der Waals surface area contributed by atoms with E-state index in [1.54, 1.807) is 24.6 Å². The van der Waals surface area contributed by atoms with Gasteiger partial charge in [-0.1, -0.05) is 62.2 Å². The van der Waals surface area contributed by atoms with Gasteiger partial charge in [0.25, 0.3) is 0 Å². The lowest BCUT2D eigenvalue weighted by Crippen LogP contribution is -2.52. The second-order valence-electron chi connectivity index (χ2n) is 12.5. The van der Waals surface area contributed by atoms with E-state index < -0.39 is 18.3 Å². The molecule has 32 heavy (non-hydrogen) atoms. The van der Waals surface area contributed by atoms with Crippen LogP contribution in [0.25, 0.3) is 0 Å². The first kappa shape index (κ1) is 18.3. The summed E-state index contributed by atoms with van der Waals surface area (Å²) < 4.78 is 35.9. The molecule has 1 nitrogen and oxygen atoms in total. The summed E-state index contributed by atoms with van der Waals surface area (Å²) in [5.74, 6) is 2.25. The summed E-state index contributed by atoms with van der Waals surface area (Å²) in [5.41, 5.74) is 1.34. The van der Waals surface area contributed by atoms with E-state index in [1.165, 1.54) is 19.3 Å². The molecular weight excluding hydrogens is 388 g/mol. The zero-order valence-corrected chi connectivity index (χ0v) is 20.9. The maximum atomic E-state index is 12.0. The van der Waals surface area contributed by atoms with Gasteiger partial charge in [-0.05, 0) is 124 Å². The molecule has 3 fully saturated rings. The molecule has 3 saturated carbocycles. The molecule has 0 saturated heterocycles. The Bertz CT molecular complexity index is 1030. The second-order valence-corrected chi connectivity index (χ2v) is 12.5. The number of rotatable bonds is 4. The first-order valence-corrected chi connectivity index (χ1v) is 13.2. The number of hydrogen-bond acceptors (Lipinski definition) is 1. The smallest absolute Gasteiger partial charge is 0.0656 e. The fourth-order valence-corrected chi connectivity index (χ4v) is 8.69. The van der Waals surface area contributed by atoms with Gasteiger partial charge >= 0.3 is 0 Å². The Morgan fingerprint density at radius 1 is 1.06 bits per heavy atom. The molecule has 5 rings (SSSR count). The number of fused-ring (bicyclic) bond motifs is 5. The maximum Gasteiger partial charge on any atom is 0.0656 e. The number of hydrogen-bond donors (Lipinski definition) is 1. The van der Waals surface area contributed by atoms with E-state index in [4.69, 9.17) is 5.48 Å². The Morgan fingerprint density at radius 3 is 2.56 bits per heavy atom. The molecule has 8 atom stereocenters. The van der Waals surface area contributed by atoms with Crippen molar-refractivity contribution in [1.29, 1.82) is 0 Å². The van der Waals surface area contributed by atoms with Crippen LogP contribution in [-0.2, 0) is 6.37 Å². The minimum absolute atomic E-state index is 0.176. The Hall–Kier alpha value is -1.08. The summed E-state index contributed by atoms with van der Waals surface area (Å²) in [6, 6.07) is 6.99. The van der Waals surface area contributed by atoms with Gasteiger partial charge in [-0.15, -0.1) is 0 Å². The number of allylic oxidation sites excluding steroid dienone is 2. The first-order chi connectivity index (χ1) is 16.7. The molecule has 0 bridgehead atoms. The summed E-state index contributed by atoms with van der Waals surface area (Å²) in [6.07, 6.45) is 6.70. The molecule has 1 aromatic rings. The standard InChI is InChI=1S/C31H46O/c1-21-6-8-23(9-7-21)15-19-31(5,32)28-13-12-26-25-11-10-24-20-22(2)14-17-29(24,3)27(25)16-18-30(26,28)4/h6-10,22,25-28,32H,11-20H2,1-5H3/t22-,25-,26-,27-,28-,29-,30-,31+/m0/s1/i15D2,19D2. The van der Waals surface area contributed by atoms with Crippen LogP contribution in [0.3, 0.4) is 0 Å². The van der Waals surface area contributed by atoms with E-state index in [2.05, 4.69) is 26.8 Å². The predicted octanol–water partition coefficient (Wildman–Crippen LogP) is 7.89. The van der Waals surface area contributed by atoms with Crippen LogP contribution in [0.4, 0.5) is 0 Å². The molecule has 0 radical (unpaired) electrons. The van der Waals surface area contributed by atoms with Gasteiger partial charge in [0.15, 0.2) is 0 Å². The average molecular weight is 439 g/mol. The van der Waals surface area contributed by atoms with Crippen LogP contribution in [0.2, 0.25) is 0 Å². The SMILES string of the molecule is [2H]C([2H])(c1ccc(C)cc1)C([2H])([2H])[C@@](C)(O)[C@H]1CC[C@H]2[C@@H]3CC=C4C[C@@H](C)CC[C@]4(C)[C@H]3CC[C@@]21C. The van der Waals surface area contributed by atoms with Gasteiger partial charge in [0, 0.05) is 5.48 Å². The topological polar surface area (TPSA) is 20.2 Å². The van der Waals surface area contributed by atoms with Crippen molar-refractivity contribution in [3.8, 4) is 0 Å².